The zero-order chi connectivity index (χ0) is 39.1. The maximum atomic E-state index is 13.0. The maximum Gasteiger partial charge on any atom is 0.421 e. The van der Waals surface area contributed by atoms with E-state index in [1.165, 1.54) is 24.5 Å². The lowest BCUT2D eigenvalue weighted by atomic mass is 9.89. The number of alkyl halides is 6. The molecule has 52 heavy (non-hydrogen) atoms. The quantitative estimate of drug-likeness (QED) is 0.289. The van der Waals surface area contributed by atoms with Crippen molar-refractivity contribution in [2.75, 3.05) is 53.5 Å². The van der Waals surface area contributed by atoms with Crippen molar-refractivity contribution in [3.05, 3.63) is 47.8 Å². The molecule has 16 heteroatoms. The molecule has 0 unspecified atom stereocenters. The number of hydrogen-bond donors (Lipinski definition) is 2. The number of nitrogens with one attached hydrogen (secondary N) is 2. The van der Waals surface area contributed by atoms with Crippen LogP contribution in [0.1, 0.15) is 65.5 Å². The first-order valence-corrected chi connectivity index (χ1v) is 17.3. The Morgan fingerprint density at radius 1 is 0.712 bits per heavy atom. The fourth-order valence-corrected chi connectivity index (χ4v) is 5.94. The van der Waals surface area contributed by atoms with E-state index in [2.05, 4.69) is 44.2 Å². The molecule has 2 N–H and O–H groups in total. The van der Waals surface area contributed by atoms with Gasteiger partial charge in [-0.25, -0.2) is 9.97 Å². The van der Waals surface area contributed by atoms with Crippen molar-refractivity contribution in [1.29, 1.82) is 0 Å². The molecule has 2 amide bonds. The summed E-state index contributed by atoms with van der Waals surface area (Å²) in [6.07, 6.45) is -4.95. The van der Waals surface area contributed by atoms with Gasteiger partial charge in [0, 0.05) is 37.6 Å². The Morgan fingerprint density at radius 2 is 1.06 bits per heavy atom. The minimum absolute atomic E-state index is 0.0542. The first-order valence-electron chi connectivity index (χ1n) is 17.3. The summed E-state index contributed by atoms with van der Waals surface area (Å²) in [6.45, 7) is 14.0. The number of pyridine rings is 2. The van der Waals surface area contributed by atoms with E-state index >= 15 is 0 Å². The number of nitrogens with zero attached hydrogens (tertiary/aromatic N) is 4. The number of amides is 2. The minimum Gasteiger partial charge on any atom is -0.476 e. The number of halogens is 6. The Labute approximate surface area is 302 Å². The molecule has 2 aliphatic rings. The van der Waals surface area contributed by atoms with E-state index in [4.69, 9.17) is 9.47 Å². The van der Waals surface area contributed by atoms with Crippen molar-refractivity contribution in [2.24, 2.45) is 22.7 Å². The van der Waals surface area contributed by atoms with Gasteiger partial charge >= 0.3 is 12.4 Å². The van der Waals surface area contributed by atoms with E-state index in [0.717, 1.165) is 51.2 Å². The molecule has 2 aromatic rings. The van der Waals surface area contributed by atoms with E-state index in [0.29, 0.717) is 11.8 Å². The number of carbonyl (C=O) groups excluding carboxylic acids is 2. The van der Waals surface area contributed by atoms with Gasteiger partial charge in [-0.15, -0.1) is 0 Å². The Kier molecular flexibility index (Phi) is 14.3. The predicted molar refractivity (Wildman–Crippen MR) is 183 cm³/mol. The van der Waals surface area contributed by atoms with Gasteiger partial charge in [-0.3, -0.25) is 9.59 Å². The molecule has 2 saturated heterocycles. The Bertz CT molecular complexity index is 1380. The second-order valence-corrected chi connectivity index (χ2v) is 15.3. The fraction of sp³-hybridized carbons (Fsp3) is 0.667. The van der Waals surface area contributed by atoms with Crippen LogP contribution in [0.2, 0.25) is 0 Å². The second-order valence-electron chi connectivity index (χ2n) is 15.3. The summed E-state index contributed by atoms with van der Waals surface area (Å²) in [7, 11) is 4.08. The van der Waals surface area contributed by atoms with E-state index in [-0.39, 0.29) is 37.1 Å². The monoisotopic (exact) mass is 746 g/mol. The van der Waals surface area contributed by atoms with Crippen LogP contribution >= 0.6 is 0 Å². The standard InChI is InChI=1S/2C18H26F3N3O2/c2*1-12-10-24(4)9-7-14(12)23-16(25)17(2,3)11-26-15-13(18(19,20)21)6-5-8-22-15/h2*5-6,8,12,14H,7,9-11H2,1-4H3,(H,23,25)/t2*12-,14+/m10/s1. The molecule has 4 atom stereocenters. The van der Waals surface area contributed by atoms with Crippen molar-refractivity contribution in [3.8, 4) is 11.8 Å². The number of hydrogen-bond acceptors (Lipinski definition) is 8. The average Bonchev–Trinajstić information content (AvgIpc) is 3.05. The molecule has 10 nitrogen and oxygen atoms in total. The van der Waals surface area contributed by atoms with E-state index in [1.54, 1.807) is 27.7 Å². The van der Waals surface area contributed by atoms with E-state index in [1.807, 2.05) is 14.1 Å². The molecule has 0 bridgehead atoms. The highest BCUT2D eigenvalue weighted by Gasteiger charge is 2.39. The number of aromatic nitrogens is 2. The maximum absolute atomic E-state index is 13.0. The van der Waals surface area contributed by atoms with Crippen molar-refractivity contribution in [1.82, 2.24) is 30.4 Å². The van der Waals surface area contributed by atoms with Gasteiger partial charge in [-0.2, -0.15) is 26.3 Å². The summed E-state index contributed by atoms with van der Waals surface area (Å²) in [4.78, 5) is 37.0. The van der Waals surface area contributed by atoms with Crippen molar-refractivity contribution in [2.45, 2.75) is 78.8 Å². The number of rotatable bonds is 10. The van der Waals surface area contributed by atoms with Gasteiger partial charge in [0.2, 0.25) is 23.6 Å². The third kappa shape index (κ3) is 12.2. The minimum atomic E-state index is -4.56. The number of piperidine rings is 2. The van der Waals surface area contributed by atoms with Crippen molar-refractivity contribution in [3.63, 3.8) is 0 Å². The summed E-state index contributed by atoms with van der Waals surface area (Å²) >= 11 is 0. The normalized spacial score (nSPS) is 22.1. The summed E-state index contributed by atoms with van der Waals surface area (Å²) in [5.74, 6) is -0.863. The van der Waals surface area contributed by atoms with Crippen LogP contribution in [0.15, 0.2) is 36.7 Å². The first-order chi connectivity index (χ1) is 24.0. The molecular weight excluding hydrogens is 694 g/mol. The van der Waals surface area contributed by atoms with Gasteiger partial charge in [0.25, 0.3) is 0 Å². The molecule has 4 rings (SSSR count). The number of ether oxygens (including phenoxy) is 2. The van der Waals surface area contributed by atoms with Gasteiger partial charge in [-0.05, 0) is 104 Å². The highest BCUT2D eigenvalue weighted by Crippen LogP contribution is 2.36. The average molecular weight is 747 g/mol. The number of likely N-dealkylation sites (tertiary alicyclic amines) is 2. The highest BCUT2D eigenvalue weighted by molar-refractivity contribution is 5.82. The summed E-state index contributed by atoms with van der Waals surface area (Å²) in [5, 5.41) is 6.04. The molecule has 0 aliphatic carbocycles. The van der Waals surface area contributed by atoms with Crippen molar-refractivity contribution >= 4 is 11.8 Å². The molecule has 2 aliphatic heterocycles. The molecule has 292 valence electrons. The van der Waals surface area contributed by atoms with Gasteiger partial charge in [0.15, 0.2) is 0 Å². The third-order valence-electron chi connectivity index (χ3n) is 9.37. The largest absolute Gasteiger partial charge is 0.476 e. The molecule has 2 aromatic heterocycles. The van der Waals surface area contributed by atoms with E-state index < -0.39 is 46.1 Å². The smallest absolute Gasteiger partial charge is 0.421 e. The lowest BCUT2D eigenvalue weighted by molar-refractivity contribution is -0.141. The Hall–Kier alpha value is -3.66. The van der Waals surface area contributed by atoms with Crippen LogP contribution in [-0.2, 0) is 21.9 Å². The second kappa shape index (κ2) is 17.4. The van der Waals surface area contributed by atoms with Crippen LogP contribution in [0.3, 0.4) is 0 Å². The summed E-state index contributed by atoms with van der Waals surface area (Å²) < 4.78 is 88.6. The van der Waals surface area contributed by atoms with Crippen LogP contribution in [0, 0.1) is 22.7 Å². The van der Waals surface area contributed by atoms with Crippen molar-refractivity contribution < 1.29 is 45.4 Å². The van der Waals surface area contributed by atoms with Crippen LogP contribution in [0.5, 0.6) is 11.8 Å². The topological polar surface area (TPSA) is 109 Å². The SMILES string of the molecule is C[C@@H]1CN(C)CC[C@@H]1NC(=O)C(C)(C)COc1ncccc1C(F)(F)F.C[C@H]1CN(C)CC[C@H]1NC(=O)C(C)(C)COc1ncccc1C(F)(F)F. The third-order valence-corrected chi connectivity index (χ3v) is 9.37. The molecule has 0 radical (unpaired) electrons. The van der Waals surface area contributed by atoms with Gasteiger partial charge in [-0.1, -0.05) is 13.8 Å². The first kappa shape index (κ1) is 42.8. The highest BCUT2D eigenvalue weighted by atomic mass is 19.4. The van der Waals surface area contributed by atoms with E-state index in [9.17, 15) is 35.9 Å². The summed E-state index contributed by atoms with van der Waals surface area (Å²) in [6, 6.07) is 4.34. The lowest BCUT2D eigenvalue weighted by Gasteiger charge is -2.37. The zero-order valence-electron chi connectivity index (χ0n) is 31.1. The van der Waals surface area contributed by atoms with Gasteiger partial charge < -0.3 is 29.9 Å². The molecular formula is C36H52F6N6O4. The molecule has 2 fully saturated rings. The molecule has 4 heterocycles. The number of carbonyl (C=O) groups is 2. The van der Waals surface area contributed by atoms with Crippen LogP contribution in [-0.4, -0.2) is 97.2 Å². The Morgan fingerprint density at radius 3 is 1.37 bits per heavy atom. The van der Waals surface area contributed by atoms with Gasteiger partial charge in [0.05, 0.1) is 10.8 Å². The molecule has 0 saturated carbocycles. The summed E-state index contributed by atoms with van der Waals surface area (Å²) in [5.41, 5.74) is -3.85. The fourth-order valence-electron chi connectivity index (χ4n) is 5.94. The predicted octanol–water partition coefficient (Wildman–Crippen LogP) is 5.92. The molecule has 0 spiro atoms. The van der Waals surface area contributed by atoms with Gasteiger partial charge in [0.1, 0.15) is 24.3 Å². The van der Waals surface area contributed by atoms with Crippen LogP contribution < -0.4 is 20.1 Å². The molecule has 0 aromatic carbocycles. The van der Waals surface area contributed by atoms with Crippen LogP contribution in [0.4, 0.5) is 26.3 Å². The van der Waals surface area contributed by atoms with Crippen LogP contribution in [0.25, 0.3) is 0 Å². The Balaban J connectivity index is 0.000000280. The zero-order valence-corrected chi connectivity index (χ0v) is 31.1. The lowest BCUT2D eigenvalue weighted by Crippen LogP contribution is -2.52.